The lowest BCUT2D eigenvalue weighted by atomic mass is 9.95. The van der Waals surface area contributed by atoms with Crippen LogP contribution in [-0.4, -0.2) is 36.0 Å². The van der Waals surface area contributed by atoms with Crippen LogP contribution in [0.25, 0.3) is 5.76 Å². The molecular formula is C24H17Cl2FN2O5. The Morgan fingerprint density at radius 3 is 2.44 bits per heavy atom. The average Bonchev–Trinajstić information content (AvgIpc) is 3.09. The fourth-order valence-electron chi connectivity index (χ4n) is 3.87. The predicted molar refractivity (Wildman–Crippen MR) is 125 cm³/mol. The second-order valence-corrected chi connectivity index (χ2v) is 8.01. The first kappa shape index (κ1) is 23.5. The fourth-order valence-corrected chi connectivity index (χ4v) is 4.56. The van der Waals surface area contributed by atoms with Crippen LogP contribution >= 0.6 is 23.2 Å². The van der Waals surface area contributed by atoms with Crippen LogP contribution in [0.5, 0.6) is 11.5 Å². The zero-order valence-corrected chi connectivity index (χ0v) is 19.4. The molecule has 10 heteroatoms. The van der Waals surface area contributed by atoms with Crippen LogP contribution in [0.15, 0.2) is 60.4 Å². The van der Waals surface area contributed by atoms with Gasteiger partial charge in [-0.05, 0) is 35.9 Å². The van der Waals surface area contributed by atoms with Gasteiger partial charge in [0.05, 0.1) is 36.4 Å². The third-order valence-corrected chi connectivity index (χ3v) is 5.95. The molecule has 1 atom stereocenters. The number of hydrogen-bond donors (Lipinski definition) is 1. The molecule has 0 radical (unpaired) electrons. The molecule has 3 aromatic rings. The summed E-state index contributed by atoms with van der Waals surface area (Å²) in [7, 11) is 2.67. The van der Waals surface area contributed by atoms with Gasteiger partial charge in [-0.2, -0.15) is 0 Å². The Morgan fingerprint density at radius 1 is 1.09 bits per heavy atom. The number of carbonyl (C=O) groups excluding carboxylic acids is 2. The molecule has 34 heavy (non-hydrogen) atoms. The normalized spacial score (nSPS) is 17.2. The molecule has 7 nitrogen and oxygen atoms in total. The zero-order chi connectivity index (χ0) is 24.6. The number of pyridine rings is 1. The summed E-state index contributed by atoms with van der Waals surface area (Å²) in [4.78, 5) is 31.5. The molecular weight excluding hydrogens is 486 g/mol. The van der Waals surface area contributed by atoms with Crippen molar-refractivity contribution in [1.29, 1.82) is 0 Å². The Bertz CT molecular complexity index is 1330. The zero-order valence-electron chi connectivity index (χ0n) is 17.9. The number of aliphatic hydroxyl groups is 1. The van der Waals surface area contributed by atoms with E-state index in [-0.39, 0.29) is 38.4 Å². The molecule has 174 valence electrons. The minimum absolute atomic E-state index is 0.0118. The minimum atomic E-state index is -1.11. The Kier molecular flexibility index (Phi) is 6.45. The standard InChI is InChI=1S/C24H17Cl2FN2O5/c1-33-22-15(10-16(25)23(34-2)18(22)26)20(30)17-19(12-5-4-8-28-11-12)29(24(32)21(17)31)14-7-3-6-13(27)9-14/h3-11,19,30H,1-2H3/b20-17+. The van der Waals surface area contributed by atoms with Crippen molar-refractivity contribution in [1.82, 2.24) is 4.98 Å². The molecule has 0 saturated carbocycles. The maximum Gasteiger partial charge on any atom is 0.300 e. The van der Waals surface area contributed by atoms with Crippen molar-refractivity contribution in [2.24, 2.45) is 0 Å². The molecule has 4 rings (SSSR count). The van der Waals surface area contributed by atoms with Crippen LogP contribution < -0.4 is 14.4 Å². The van der Waals surface area contributed by atoms with Gasteiger partial charge in [0.25, 0.3) is 11.7 Å². The lowest BCUT2D eigenvalue weighted by Gasteiger charge is -2.25. The molecule has 0 aliphatic carbocycles. The Labute approximate surface area is 204 Å². The van der Waals surface area contributed by atoms with Gasteiger partial charge >= 0.3 is 0 Å². The summed E-state index contributed by atoms with van der Waals surface area (Å²) in [5.41, 5.74) is 0.257. The molecule has 1 N–H and O–H groups in total. The Balaban J connectivity index is 2.01. The summed E-state index contributed by atoms with van der Waals surface area (Å²) in [6.45, 7) is 0. The van der Waals surface area contributed by atoms with Gasteiger partial charge in [0.2, 0.25) is 0 Å². The minimum Gasteiger partial charge on any atom is -0.507 e. The average molecular weight is 503 g/mol. The molecule has 2 aromatic carbocycles. The summed E-state index contributed by atoms with van der Waals surface area (Å²) in [6, 6.07) is 8.69. The van der Waals surface area contributed by atoms with Crippen LogP contribution in [0.3, 0.4) is 0 Å². The number of benzene rings is 2. The second-order valence-electron chi connectivity index (χ2n) is 7.22. The third-order valence-electron chi connectivity index (χ3n) is 5.33. The fraction of sp³-hybridized carbons (Fsp3) is 0.125. The van der Waals surface area contributed by atoms with E-state index in [2.05, 4.69) is 4.98 Å². The highest BCUT2D eigenvalue weighted by Gasteiger charge is 2.47. The van der Waals surface area contributed by atoms with E-state index >= 15 is 0 Å². The largest absolute Gasteiger partial charge is 0.507 e. The van der Waals surface area contributed by atoms with E-state index in [1.807, 2.05) is 0 Å². The van der Waals surface area contributed by atoms with E-state index in [1.165, 1.54) is 50.9 Å². The highest BCUT2D eigenvalue weighted by atomic mass is 35.5. The van der Waals surface area contributed by atoms with Crippen LogP contribution in [0.1, 0.15) is 17.2 Å². The Morgan fingerprint density at radius 2 is 1.82 bits per heavy atom. The van der Waals surface area contributed by atoms with Crippen molar-refractivity contribution < 1.29 is 28.6 Å². The topological polar surface area (TPSA) is 89.0 Å². The summed E-state index contributed by atoms with van der Waals surface area (Å²) < 4.78 is 24.5. The molecule has 2 heterocycles. The van der Waals surface area contributed by atoms with E-state index in [4.69, 9.17) is 32.7 Å². The van der Waals surface area contributed by atoms with Gasteiger partial charge in [0, 0.05) is 18.1 Å². The first-order valence-corrected chi connectivity index (χ1v) is 10.6. The van der Waals surface area contributed by atoms with Crippen LogP contribution in [0.2, 0.25) is 10.0 Å². The molecule has 1 saturated heterocycles. The molecule has 1 aliphatic heterocycles. The van der Waals surface area contributed by atoms with Crippen LogP contribution in [0.4, 0.5) is 10.1 Å². The van der Waals surface area contributed by atoms with Gasteiger partial charge in [-0.15, -0.1) is 0 Å². The lowest BCUT2D eigenvalue weighted by Crippen LogP contribution is -2.29. The summed E-state index contributed by atoms with van der Waals surface area (Å²) in [5.74, 6) is -3.01. The number of ketones is 1. The van der Waals surface area contributed by atoms with Crippen molar-refractivity contribution in [3.8, 4) is 11.5 Å². The highest BCUT2D eigenvalue weighted by molar-refractivity contribution is 6.52. The van der Waals surface area contributed by atoms with Gasteiger partial charge in [0.15, 0.2) is 11.5 Å². The molecule has 1 unspecified atom stereocenters. The number of Topliss-reactive ketones (excluding diaryl/α,β-unsaturated/α-hetero) is 1. The number of amides is 1. The number of halogens is 3. The summed E-state index contributed by atoms with van der Waals surface area (Å²) in [6.07, 6.45) is 2.96. The molecule has 0 bridgehead atoms. The molecule has 1 aliphatic rings. The number of anilines is 1. The van der Waals surface area contributed by atoms with Crippen molar-refractivity contribution in [2.75, 3.05) is 19.1 Å². The lowest BCUT2D eigenvalue weighted by molar-refractivity contribution is -0.132. The van der Waals surface area contributed by atoms with E-state index in [9.17, 15) is 19.1 Å². The molecule has 1 amide bonds. The molecule has 1 fully saturated rings. The van der Waals surface area contributed by atoms with Gasteiger partial charge < -0.3 is 14.6 Å². The SMILES string of the molecule is COc1c(Cl)cc(/C(O)=C2\C(=O)C(=O)N(c3cccc(F)c3)C2c2cccnc2)c(OC)c1Cl. The predicted octanol–water partition coefficient (Wildman–Crippen LogP) is 5.17. The van der Waals surface area contributed by atoms with E-state index in [1.54, 1.807) is 12.1 Å². The molecule has 0 spiro atoms. The monoisotopic (exact) mass is 502 g/mol. The number of rotatable bonds is 5. The maximum atomic E-state index is 14.0. The maximum absolute atomic E-state index is 14.0. The first-order valence-electron chi connectivity index (χ1n) is 9.87. The number of aromatic nitrogens is 1. The van der Waals surface area contributed by atoms with Crippen molar-refractivity contribution in [3.63, 3.8) is 0 Å². The first-order chi connectivity index (χ1) is 16.3. The number of methoxy groups -OCH3 is 2. The number of nitrogens with zero attached hydrogens (tertiary/aromatic N) is 2. The Hall–Kier alpha value is -3.62. The van der Waals surface area contributed by atoms with Crippen LogP contribution in [-0.2, 0) is 9.59 Å². The van der Waals surface area contributed by atoms with Crippen molar-refractivity contribution >= 4 is 46.3 Å². The van der Waals surface area contributed by atoms with Gasteiger partial charge in [0.1, 0.15) is 16.6 Å². The van der Waals surface area contributed by atoms with E-state index in [0.29, 0.717) is 5.56 Å². The van der Waals surface area contributed by atoms with Gasteiger partial charge in [-0.1, -0.05) is 35.3 Å². The number of hydrogen-bond acceptors (Lipinski definition) is 6. The van der Waals surface area contributed by atoms with Crippen molar-refractivity contribution in [2.45, 2.75) is 6.04 Å². The van der Waals surface area contributed by atoms with Gasteiger partial charge in [-0.3, -0.25) is 19.5 Å². The second kappa shape index (κ2) is 9.32. The third kappa shape index (κ3) is 3.85. The van der Waals surface area contributed by atoms with E-state index < -0.39 is 29.3 Å². The quantitative estimate of drug-likeness (QED) is 0.294. The number of carbonyl (C=O) groups is 2. The smallest absolute Gasteiger partial charge is 0.300 e. The van der Waals surface area contributed by atoms with Crippen LogP contribution in [0, 0.1) is 5.82 Å². The number of ether oxygens (including phenoxy) is 2. The summed E-state index contributed by atoms with van der Waals surface area (Å²) >= 11 is 12.6. The number of aliphatic hydroxyl groups excluding tert-OH is 1. The van der Waals surface area contributed by atoms with Gasteiger partial charge in [-0.25, -0.2) is 4.39 Å². The van der Waals surface area contributed by atoms with Crippen molar-refractivity contribution in [3.05, 3.63) is 87.4 Å². The highest BCUT2D eigenvalue weighted by Crippen LogP contribution is 2.48. The van der Waals surface area contributed by atoms with E-state index in [0.717, 1.165) is 11.0 Å². The summed E-state index contributed by atoms with van der Waals surface area (Å²) in [5, 5.41) is 11.3. The molecule has 1 aromatic heterocycles.